The molecule has 0 bridgehead atoms. The number of anilines is 1. The van der Waals surface area contributed by atoms with Gasteiger partial charge >= 0.3 is 6.16 Å². The van der Waals surface area contributed by atoms with E-state index < -0.39 is 6.16 Å². The van der Waals surface area contributed by atoms with E-state index in [-0.39, 0.29) is 5.91 Å². The second kappa shape index (κ2) is 12.2. The third-order valence-electron chi connectivity index (χ3n) is 6.31. The van der Waals surface area contributed by atoms with Gasteiger partial charge in [-0.05, 0) is 48.2 Å². The Hall–Kier alpha value is -4.13. The number of nitrogens with one attached hydrogen (secondary N) is 1. The van der Waals surface area contributed by atoms with Gasteiger partial charge in [-0.2, -0.15) is 0 Å². The van der Waals surface area contributed by atoms with Crippen molar-refractivity contribution in [3.8, 4) is 16.9 Å². The number of hydrogen-bond acceptors (Lipinski definition) is 4. The molecule has 0 saturated heterocycles. The molecule has 0 aliphatic heterocycles. The van der Waals surface area contributed by atoms with E-state index in [0.29, 0.717) is 18.7 Å². The first-order valence-electron chi connectivity index (χ1n) is 12.9. The number of carbonyl (C=O) groups excluding carboxylic acids is 1. The lowest BCUT2D eigenvalue weighted by molar-refractivity contribution is -0.116. The molecule has 0 atom stereocenters. The molecule has 192 valence electrons. The summed E-state index contributed by atoms with van der Waals surface area (Å²) in [6, 6.07) is 21.0. The molecule has 1 aromatic heterocycles. The van der Waals surface area contributed by atoms with Gasteiger partial charge in [0.2, 0.25) is 5.91 Å². The Morgan fingerprint density at radius 1 is 0.973 bits per heavy atom. The molecule has 3 aromatic carbocycles. The van der Waals surface area contributed by atoms with Gasteiger partial charge in [0.15, 0.2) is 0 Å². The van der Waals surface area contributed by atoms with E-state index in [1.807, 2.05) is 54.6 Å². The van der Waals surface area contributed by atoms with Crippen LogP contribution in [0.15, 0.2) is 66.7 Å². The van der Waals surface area contributed by atoms with Crippen molar-refractivity contribution in [2.75, 3.05) is 5.32 Å². The molecule has 1 heterocycles. The number of imidazole rings is 1. The zero-order valence-corrected chi connectivity index (χ0v) is 21.4. The van der Waals surface area contributed by atoms with Crippen molar-refractivity contribution >= 4 is 28.8 Å². The molecular weight excluding hydrogens is 466 g/mol. The normalized spacial score (nSPS) is 11.0. The van der Waals surface area contributed by atoms with Crippen LogP contribution in [0.3, 0.4) is 0 Å². The smallest absolute Gasteiger partial charge is 0.449 e. The Labute approximate surface area is 217 Å². The number of unbranched alkanes of at least 4 members (excludes halogenated alkanes) is 2. The highest BCUT2D eigenvalue weighted by Crippen LogP contribution is 2.31. The molecule has 0 aliphatic carbocycles. The molecule has 0 saturated carbocycles. The third kappa shape index (κ3) is 6.55. The second-order valence-electron chi connectivity index (χ2n) is 9.13. The van der Waals surface area contributed by atoms with Crippen molar-refractivity contribution in [3.05, 3.63) is 78.1 Å². The number of aromatic nitrogens is 2. The van der Waals surface area contributed by atoms with Crippen LogP contribution in [0.4, 0.5) is 10.5 Å². The van der Waals surface area contributed by atoms with Crippen molar-refractivity contribution in [2.45, 2.75) is 58.9 Å². The number of fused-ring (bicyclic) bond motifs is 1. The predicted molar refractivity (Wildman–Crippen MR) is 146 cm³/mol. The minimum Gasteiger partial charge on any atom is -0.449 e. The van der Waals surface area contributed by atoms with E-state index >= 15 is 0 Å². The molecule has 0 fully saturated rings. The topological polar surface area (TPSA) is 93.5 Å². The number of hydrogen-bond donors (Lipinski definition) is 2. The number of benzene rings is 3. The SMILES string of the molecule is CCCCC(=O)Nc1ccc2nc(CCCC)n(Cc3ccc(-c4ccccc4OC(=O)O)cc3)c2c1. The Balaban J connectivity index is 1.62. The number of para-hydroxylation sites is 1. The van der Waals surface area contributed by atoms with Gasteiger partial charge in [0.25, 0.3) is 0 Å². The van der Waals surface area contributed by atoms with Gasteiger partial charge in [0, 0.05) is 30.6 Å². The molecule has 0 radical (unpaired) electrons. The molecule has 7 nitrogen and oxygen atoms in total. The molecule has 0 unspecified atom stereocenters. The number of ether oxygens (including phenoxy) is 1. The van der Waals surface area contributed by atoms with Crippen LogP contribution in [0.5, 0.6) is 5.75 Å². The number of carbonyl (C=O) groups is 2. The van der Waals surface area contributed by atoms with E-state index in [2.05, 4.69) is 23.7 Å². The summed E-state index contributed by atoms with van der Waals surface area (Å²) in [5.41, 5.74) is 5.37. The van der Waals surface area contributed by atoms with Gasteiger partial charge in [-0.3, -0.25) is 4.79 Å². The lowest BCUT2D eigenvalue weighted by Gasteiger charge is -2.12. The van der Waals surface area contributed by atoms with Crippen LogP contribution in [-0.4, -0.2) is 26.7 Å². The fraction of sp³-hybridized carbons (Fsp3) is 0.300. The van der Waals surface area contributed by atoms with Crippen LogP contribution in [0, 0.1) is 0 Å². The van der Waals surface area contributed by atoms with Crippen LogP contribution in [0.1, 0.15) is 57.3 Å². The van der Waals surface area contributed by atoms with Gasteiger partial charge in [-0.1, -0.05) is 69.2 Å². The highest BCUT2D eigenvalue weighted by atomic mass is 16.7. The summed E-state index contributed by atoms with van der Waals surface area (Å²) in [5.74, 6) is 1.36. The highest BCUT2D eigenvalue weighted by Gasteiger charge is 2.14. The van der Waals surface area contributed by atoms with Gasteiger partial charge in [0.1, 0.15) is 11.6 Å². The van der Waals surface area contributed by atoms with Gasteiger partial charge in [0.05, 0.1) is 11.0 Å². The molecule has 4 rings (SSSR count). The molecule has 1 amide bonds. The lowest BCUT2D eigenvalue weighted by Crippen LogP contribution is -2.11. The average molecular weight is 500 g/mol. The summed E-state index contributed by atoms with van der Waals surface area (Å²) >= 11 is 0. The molecule has 7 heteroatoms. The second-order valence-corrected chi connectivity index (χ2v) is 9.13. The first-order valence-corrected chi connectivity index (χ1v) is 12.9. The zero-order chi connectivity index (χ0) is 26.2. The molecule has 2 N–H and O–H groups in total. The van der Waals surface area contributed by atoms with Gasteiger partial charge in [-0.25, -0.2) is 9.78 Å². The number of nitrogens with zero attached hydrogens (tertiary/aromatic N) is 2. The van der Waals surface area contributed by atoms with Crippen LogP contribution in [0.25, 0.3) is 22.2 Å². The van der Waals surface area contributed by atoms with E-state index in [4.69, 9.17) is 14.8 Å². The van der Waals surface area contributed by atoms with Crippen molar-refractivity contribution in [3.63, 3.8) is 0 Å². The van der Waals surface area contributed by atoms with E-state index in [1.54, 1.807) is 12.1 Å². The van der Waals surface area contributed by atoms with E-state index in [0.717, 1.165) is 71.3 Å². The molecule has 37 heavy (non-hydrogen) atoms. The lowest BCUT2D eigenvalue weighted by atomic mass is 10.0. The maximum absolute atomic E-state index is 12.3. The first kappa shape index (κ1) is 25.9. The maximum atomic E-state index is 12.3. The molecule has 0 aliphatic rings. The summed E-state index contributed by atoms with van der Waals surface area (Å²) in [6.45, 7) is 4.88. The third-order valence-corrected chi connectivity index (χ3v) is 6.31. The fourth-order valence-corrected chi connectivity index (χ4v) is 4.37. The standard InChI is InChI=1S/C30H33N3O4/c1-3-5-11-28-32-25-18-17-23(31-29(34)12-6-4-2)19-26(25)33(28)20-21-13-15-22(16-14-21)24-9-7-8-10-27(24)37-30(35)36/h7-10,13-19H,3-6,11-12,20H2,1-2H3,(H,31,34)(H,35,36). The summed E-state index contributed by atoms with van der Waals surface area (Å²) < 4.78 is 7.18. The van der Waals surface area contributed by atoms with Gasteiger partial charge in [-0.15, -0.1) is 0 Å². The highest BCUT2D eigenvalue weighted by molar-refractivity contribution is 5.93. The van der Waals surface area contributed by atoms with Crippen molar-refractivity contribution in [2.24, 2.45) is 0 Å². The maximum Gasteiger partial charge on any atom is 0.511 e. The van der Waals surface area contributed by atoms with Crippen LogP contribution in [0.2, 0.25) is 0 Å². The number of aryl methyl sites for hydroxylation is 1. The molecule has 0 spiro atoms. The number of carboxylic acid groups (broad SMARTS) is 1. The minimum absolute atomic E-state index is 0.0289. The van der Waals surface area contributed by atoms with Crippen LogP contribution in [-0.2, 0) is 17.8 Å². The Morgan fingerprint density at radius 3 is 2.46 bits per heavy atom. The van der Waals surface area contributed by atoms with Crippen LogP contribution >= 0.6 is 0 Å². The van der Waals surface area contributed by atoms with Crippen molar-refractivity contribution in [1.82, 2.24) is 9.55 Å². The number of amides is 1. The fourth-order valence-electron chi connectivity index (χ4n) is 4.37. The minimum atomic E-state index is -1.34. The predicted octanol–water partition coefficient (Wildman–Crippen LogP) is 7.28. The average Bonchev–Trinajstić information content (AvgIpc) is 3.23. The number of rotatable bonds is 11. The summed E-state index contributed by atoms with van der Waals surface area (Å²) in [7, 11) is 0. The van der Waals surface area contributed by atoms with Crippen molar-refractivity contribution in [1.29, 1.82) is 0 Å². The summed E-state index contributed by atoms with van der Waals surface area (Å²) in [4.78, 5) is 28.3. The Bertz CT molecular complexity index is 1380. The molecule has 4 aromatic rings. The summed E-state index contributed by atoms with van der Waals surface area (Å²) in [5, 5.41) is 12.1. The monoisotopic (exact) mass is 499 g/mol. The quantitative estimate of drug-likeness (QED) is 0.167. The Morgan fingerprint density at radius 2 is 1.73 bits per heavy atom. The van der Waals surface area contributed by atoms with Gasteiger partial charge < -0.3 is 19.7 Å². The van der Waals surface area contributed by atoms with Crippen LogP contribution < -0.4 is 10.1 Å². The van der Waals surface area contributed by atoms with E-state index in [1.165, 1.54) is 0 Å². The first-order chi connectivity index (χ1) is 18.0. The van der Waals surface area contributed by atoms with Crippen molar-refractivity contribution < 1.29 is 19.4 Å². The largest absolute Gasteiger partial charge is 0.511 e. The van der Waals surface area contributed by atoms with E-state index in [9.17, 15) is 9.59 Å². The Kier molecular flexibility index (Phi) is 8.56. The summed E-state index contributed by atoms with van der Waals surface area (Å²) in [6.07, 6.45) is 4.03. The molecular formula is C30H33N3O4. The zero-order valence-electron chi connectivity index (χ0n) is 21.4.